The van der Waals surface area contributed by atoms with Crippen LogP contribution in [-0.4, -0.2) is 16.2 Å². The highest BCUT2D eigenvalue weighted by atomic mass is 16.4. The molecule has 0 aliphatic rings. The SMILES string of the molecule is CC(C)(C)C(CC(=O)O)(c1ccc(O)cc1)C(C)(C)C. The van der Waals surface area contributed by atoms with Gasteiger partial charge in [0.1, 0.15) is 5.75 Å². The Balaban J connectivity index is 3.61. The lowest BCUT2D eigenvalue weighted by atomic mass is 9.50. The molecule has 1 aromatic carbocycles. The number of aliphatic carboxylic acids is 1. The maximum absolute atomic E-state index is 11.5. The first-order valence-corrected chi connectivity index (χ1v) is 6.93. The molecule has 2 N–H and O–H groups in total. The van der Waals surface area contributed by atoms with Crippen molar-refractivity contribution in [2.24, 2.45) is 10.8 Å². The van der Waals surface area contributed by atoms with Gasteiger partial charge in [-0.1, -0.05) is 53.7 Å². The summed E-state index contributed by atoms with van der Waals surface area (Å²) >= 11 is 0. The minimum Gasteiger partial charge on any atom is -0.508 e. The number of phenolic OH excluding ortho intramolecular Hbond substituents is 1. The summed E-state index contributed by atoms with van der Waals surface area (Å²) in [6.45, 7) is 12.5. The summed E-state index contributed by atoms with van der Waals surface area (Å²) in [6.07, 6.45) is 0.0603. The van der Waals surface area contributed by atoms with Crippen LogP contribution in [-0.2, 0) is 10.2 Å². The molecule has 1 rings (SSSR count). The number of phenols is 1. The smallest absolute Gasteiger partial charge is 0.304 e. The molecule has 0 radical (unpaired) electrons. The van der Waals surface area contributed by atoms with Crippen LogP contribution in [0, 0.1) is 10.8 Å². The Bertz CT molecular complexity index is 458. The van der Waals surface area contributed by atoms with Crippen LogP contribution < -0.4 is 0 Å². The van der Waals surface area contributed by atoms with E-state index in [0.717, 1.165) is 5.56 Å². The van der Waals surface area contributed by atoms with Crippen molar-refractivity contribution in [2.75, 3.05) is 0 Å². The van der Waals surface area contributed by atoms with E-state index >= 15 is 0 Å². The van der Waals surface area contributed by atoms with E-state index in [1.807, 2.05) is 12.1 Å². The summed E-state index contributed by atoms with van der Waals surface area (Å²) in [4.78, 5) is 11.5. The highest BCUT2D eigenvalue weighted by Crippen LogP contribution is 2.55. The molecule has 3 nitrogen and oxygen atoms in total. The summed E-state index contributed by atoms with van der Waals surface area (Å²) < 4.78 is 0. The monoisotopic (exact) mass is 278 g/mol. The van der Waals surface area contributed by atoms with Gasteiger partial charge < -0.3 is 10.2 Å². The summed E-state index contributed by atoms with van der Waals surface area (Å²) in [5.41, 5.74) is -0.0430. The maximum Gasteiger partial charge on any atom is 0.304 e. The zero-order valence-electron chi connectivity index (χ0n) is 13.3. The third-order valence-corrected chi connectivity index (χ3v) is 4.34. The highest BCUT2D eigenvalue weighted by Gasteiger charge is 2.52. The van der Waals surface area contributed by atoms with Crippen LogP contribution in [0.4, 0.5) is 0 Å². The Morgan fingerprint density at radius 3 is 1.65 bits per heavy atom. The molecule has 0 amide bonds. The van der Waals surface area contributed by atoms with E-state index in [4.69, 9.17) is 0 Å². The van der Waals surface area contributed by atoms with Gasteiger partial charge >= 0.3 is 5.97 Å². The van der Waals surface area contributed by atoms with Crippen LogP contribution in [0.3, 0.4) is 0 Å². The molecule has 0 aliphatic heterocycles. The van der Waals surface area contributed by atoms with Crippen molar-refractivity contribution >= 4 is 5.97 Å². The van der Waals surface area contributed by atoms with Crippen LogP contribution in [0.15, 0.2) is 24.3 Å². The average Bonchev–Trinajstić information content (AvgIpc) is 2.23. The van der Waals surface area contributed by atoms with Gasteiger partial charge in [0, 0.05) is 5.41 Å². The van der Waals surface area contributed by atoms with Gasteiger partial charge in [-0.15, -0.1) is 0 Å². The first-order valence-electron chi connectivity index (χ1n) is 6.93. The normalized spacial score (nSPS) is 13.3. The van der Waals surface area contributed by atoms with Crippen LogP contribution in [0.25, 0.3) is 0 Å². The molecule has 0 aromatic heterocycles. The van der Waals surface area contributed by atoms with E-state index in [1.165, 1.54) is 0 Å². The minimum atomic E-state index is -0.803. The van der Waals surface area contributed by atoms with E-state index in [2.05, 4.69) is 41.5 Å². The fourth-order valence-corrected chi connectivity index (χ4v) is 3.60. The fraction of sp³-hybridized carbons (Fsp3) is 0.588. The average molecular weight is 278 g/mol. The molecular weight excluding hydrogens is 252 g/mol. The zero-order chi connectivity index (χ0) is 15.8. The highest BCUT2D eigenvalue weighted by molar-refractivity contribution is 5.70. The quantitative estimate of drug-likeness (QED) is 0.871. The van der Waals surface area contributed by atoms with Crippen molar-refractivity contribution in [2.45, 2.75) is 53.4 Å². The number of carbonyl (C=O) groups is 1. The molecule has 112 valence electrons. The van der Waals surface area contributed by atoms with Gasteiger partial charge in [0.05, 0.1) is 6.42 Å². The van der Waals surface area contributed by atoms with E-state index in [1.54, 1.807) is 12.1 Å². The number of rotatable bonds is 3. The van der Waals surface area contributed by atoms with Gasteiger partial charge in [0.2, 0.25) is 0 Å². The largest absolute Gasteiger partial charge is 0.508 e. The number of carboxylic acid groups (broad SMARTS) is 1. The van der Waals surface area contributed by atoms with Gasteiger partial charge in [0.15, 0.2) is 0 Å². The second kappa shape index (κ2) is 5.12. The molecular formula is C17H26O3. The lowest BCUT2D eigenvalue weighted by Crippen LogP contribution is -2.51. The lowest BCUT2D eigenvalue weighted by Gasteiger charge is -2.53. The van der Waals surface area contributed by atoms with Crippen molar-refractivity contribution in [3.05, 3.63) is 29.8 Å². The van der Waals surface area contributed by atoms with E-state index in [-0.39, 0.29) is 23.0 Å². The van der Waals surface area contributed by atoms with Crippen LogP contribution in [0.2, 0.25) is 0 Å². The molecule has 0 bridgehead atoms. The molecule has 0 heterocycles. The Labute approximate surface area is 121 Å². The second-order valence-electron chi connectivity index (χ2n) is 7.52. The van der Waals surface area contributed by atoms with Crippen LogP contribution in [0.5, 0.6) is 5.75 Å². The summed E-state index contributed by atoms with van der Waals surface area (Å²) in [7, 11) is 0. The number of hydrogen-bond acceptors (Lipinski definition) is 2. The number of hydrogen-bond donors (Lipinski definition) is 2. The maximum atomic E-state index is 11.5. The predicted octanol–water partition coefficient (Wildman–Crippen LogP) is 4.20. The lowest BCUT2D eigenvalue weighted by molar-refractivity contribution is -0.142. The topological polar surface area (TPSA) is 57.5 Å². The number of aromatic hydroxyl groups is 1. The number of carboxylic acids is 1. The van der Waals surface area contributed by atoms with E-state index in [9.17, 15) is 15.0 Å². The van der Waals surface area contributed by atoms with Crippen LogP contribution >= 0.6 is 0 Å². The zero-order valence-corrected chi connectivity index (χ0v) is 13.3. The van der Waals surface area contributed by atoms with Gasteiger partial charge in [-0.25, -0.2) is 0 Å². The molecule has 0 fully saturated rings. The van der Waals surface area contributed by atoms with Crippen molar-refractivity contribution in [1.29, 1.82) is 0 Å². The molecule has 20 heavy (non-hydrogen) atoms. The third kappa shape index (κ3) is 2.82. The van der Waals surface area contributed by atoms with Crippen molar-refractivity contribution in [3.8, 4) is 5.75 Å². The molecule has 0 atom stereocenters. The molecule has 3 heteroatoms. The van der Waals surface area contributed by atoms with Crippen molar-refractivity contribution in [1.82, 2.24) is 0 Å². The van der Waals surface area contributed by atoms with Gasteiger partial charge in [-0.3, -0.25) is 4.79 Å². The summed E-state index contributed by atoms with van der Waals surface area (Å²) in [5.74, 6) is -0.608. The summed E-state index contributed by atoms with van der Waals surface area (Å²) in [6, 6.07) is 6.94. The van der Waals surface area contributed by atoms with Gasteiger partial charge in [-0.05, 0) is 28.5 Å². The Kier molecular flexibility index (Phi) is 4.23. The summed E-state index contributed by atoms with van der Waals surface area (Å²) in [5, 5.41) is 18.9. The van der Waals surface area contributed by atoms with Crippen molar-refractivity contribution < 1.29 is 15.0 Å². The van der Waals surface area contributed by atoms with Crippen molar-refractivity contribution in [3.63, 3.8) is 0 Å². The Morgan fingerprint density at radius 1 is 0.950 bits per heavy atom. The van der Waals surface area contributed by atoms with Gasteiger partial charge in [-0.2, -0.15) is 0 Å². The molecule has 1 aromatic rings. The second-order valence-corrected chi connectivity index (χ2v) is 7.52. The molecule has 0 saturated carbocycles. The fourth-order valence-electron chi connectivity index (χ4n) is 3.60. The van der Waals surface area contributed by atoms with Gasteiger partial charge in [0.25, 0.3) is 0 Å². The minimum absolute atomic E-state index is 0.0603. The first kappa shape index (κ1) is 16.5. The van der Waals surface area contributed by atoms with E-state index < -0.39 is 11.4 Å². The Hall–Kier alpha value is -1.51. The molecule has 0 unspecified atom stereocenters. The molecule has 0 spiro atoms. The predicted molar refractivity (Wildman–Crippen MR) is 80.9 cm³/mol. The first-order chi connectivity index (χ1) is 8.92. The molecule has 0 saturated heterocycles. The van der Waals surface area contributed by atoms with E-state index in [0.29, 0.717) is 0 Å². The Morgan fingerprint density at radius 2 is 1.35 bits per heavy atom. The standard InChI is InChI=1S/C17H26O3/c1-15(2,3)17(11-14(19)20,16(4,5)6)12-7-9-13(18)10-8-12/h7-10,18H,11H2,1-6H3,(H,19,20). The van der Waals surface area contributed by atoms with Crippen LogP contribution in [0.1, 0.15) is 53.5 Å². The third-order valence-electron chi connectivity index (χ3n) is 4.34. The number of benzene rings is 1. The molecule has 0 aliphatic carbocycles.